The lowest BCUT2D eigenvalue weighted by Crippen LogP contribution is -2.50. The number of piperidine rings is 1. The molecule has 5 nitrogen and oxygen atoms in total. The third kappa shape index (κ3) is 4.32. The van der Waals surface area contributed by atoms with Crippen LogP contribution in [0.5, 0.6) is 0 Å². The Morgan fingerprint density at radius 3 is 2.58 bits per heavy atom. The summed E-state index contributed by atoms with van der Waals surface area (Å²) in [6.45, 7) is 0.976. The number of carbonyl (C=O) groups is 1. The van der Waals surface area contributed by atoms with E-state index < -0.39 is 40.8 Å². The Kier molecular flexibility index (Phi) is 5.77. The molecule has 9 heteroatoms. The maximum Gasteiger partial charge on any atom is 0.254 e. The number of rotatable bonds is 4. The number of nitrogens with one attached hydrogen (secondary N) is 2. The lowest BCUT2D eigenvalue weighted by molar-refractivity contribution is 0.0920. The van der Waals surface area contributed by atoms with Crippen LogP contribution < -0.4 is 10.6 Å². The van der Waals surface area contributed by atoms with Crippen LogP contribution in [0.2, 0.25) is 0 Å². The number of aromatic nitrogens is 2. The van der Waals surface area contributed by atoms with Gasteiger partial charge in [-0.3, -0.25) is 9.48 Å². The van der Waals surface area contributed by atoms with Gasteiger partial charge in [0.25, 0.3) is 5.91 Å². The Morgan fingerprint density at radius 2 is 1.87 bits per heavy atom. The number of nitrogens with zero attached hydrogens (tertiary/aromatic N) is 2. The smallest absolute Gasteiger partial charge is 0.254 e. The highest BCUT2D eigenvalue weighted by molar-refractivity contribution is 5.95. The number of benzene rings is 2. The SMILES string of the molecule is Cn1ccc(-c2cc(F)c(C(=O)N[C@@H]3CNCC[C@H]3c3ccc(F)c(F)c3)cc2F)n1. The third-order valence-corrected chi connectivity index (χ3v) is 5.46. The monoisotopic (exact) mass is 432 g/mol. The zero-order valence-electron chi connectivity index (χ0n) is 16.6. The van der Waals surface area contributed by atoms with Crippen molar-refractivity contribution in [2.45, 2.75) is 18.4 Å². The molecule has 1 fully saturated rings. The molecule has 0 radical (unpaired) electrons. The van der Waals surface area contributed by atoms with Crippen LogP contribution in [-0.2, 0) is 7.05 Å². The summed E-state index contributed by atoms with van der Waals surface area (Å²) in [5.41, 5.74) is 0.295. The van der Waals surface area contributed by atoms with Crippen LogP contribution in [-0.4, -0.2) is 34.8 Å². The van der Waals surface area contributed by atoms with Crippen molar-refractivity contribution in [2.24, 2.45) is 7.05 Å². The summed E-state index contributed by atoms with van der Waals surface area (Å²) in [5.74, 6) is -4.67. The molecule has 2 heterocycles. The van der Waals surface area contributed by atoms with Crippen LogP contribution in [0.3, 0.4) is 0 Å². The fourth-order valence-electron chi connectivity index (χ4n) is 3.87. The molecule has 2 atom stereocenters. The van der Waals surface area contributed by atoms with Crippen LogP contribution in [0.1, 0.15) is 28.3 Å². The summed E-state index contributed by atoms with van der Waals surface area (Å²) in [6, 6.07) is 6.43. The van der Waals surface area contributed by atoms with E-state index >= 15 is 0 Å². The molecular formula is C22H20F4N4O. The molecule has 0 unspecified atom stereocenters. The second kappa shape index (κ2) is 8.50. The van der Waals surface area contributed by atoms with Gasteiger partial charge in [-0.05, 0) is 48.9 Å². The number of carbonyl (C=O) groups excluding carboxylic acids is 1. The van der Waals surface area contributed by atoms with Gasteiger partial charge in [0.2, 0.25) is 0 Å². The summed E-state index contributed by atoms with van der Waals surface area (Å²) >= 11 is 0. The fraction of sp³-hybridized carbons (Fsp3) is 0.273. The Bertz CT molecular complexity index is 1130. The minimum atomic E-state index is -0.973. The number of hydrogen-bond acceptors (Lipinski definition) is 3. The maximum atomic E-state index is 14.7. The Morgan fingerprint density at radius 1 is 1.06 bits per heavy atom. The molecule has 1 aliphatic rings. The van der Waals surface area contributed by atoms with Gasteiger partial charge < -0.3 is 10.6 Å². The molecule has 1 aromatic heterocycles. The van der Waals surface area contributed by atoms with Crippen LogP contribution >= 0.6 is 0 Å². The molecule has 4 rings (SSSR count). The summed E-state index contributed by atoms with van der Waals surface area (Å²) < 4.78 is 57.7. The molecule has 1 amide bonds. The summed E-state index contributed by atoms with van der Waals surface area (Å²) in [5, 5.41) is 9.87. The van der Waals surface area contributed by atoms with Crippen molar-refractivity contribution in [3.05, 3.63) is 77.0 Å². The maximum absolute atomic E-state index is 14.7. The van der Waals surface area contributed by atoms with E-state index in [4.69, 9.17) is 0 Å². The number of aryl methyl sites for hydroxylation is 1. The van der Waals surface area contributed by atoms with Crippen molar-refractivity contribution in [1.29, 1.82) is 0 Å². The van der Waals surface area contributed by atoms with Crippen molar-refractivity contribution >= 4 is 5.91 Å². The number of halogens is 4. The predicted molar refractivity (Wildman–Crippen MR) is 106 cm³/mol. The second-order valence-electron chi connectivity index (χ2n) is 7.54. The van der Waals surface area contributed by atoms with Crippen molar-refractivity contribution in [3.63, 3.8) is 0 Å². The first-order chi connectivity index (χ1) is 14.8. The predicted octanol–water partition coefficient (Wildman–Crippen LogP) is 3.52. The molecule has 31 heavy (non-hydrogen) atoms. The van der Waals surface area contributed by atoms with Gasteiger partial charge in [-0.2, -0.15) is 5.10 Å². The lowest BCUT2D eigenvalue weighted by Gasteiger charge is -2.33. The van der Waals surface area contributed by atoms with Gasteiger partial charge in [0.15, 0.2) is 11.6 Å². The molecule has 1 saturated heterocycles. The fourth-order valence-corrected chi connectivity index (χ4v) is 3.87. The van der Waals surface area contributed by atoms with E-state index in [0.717, 1.165) is 24.3 Å². The first-order valence-corrected chi connectivity index (χ1v) is 9.79. The standard InChI is InChI=1S/C22H20F4N4O/c1-30-7-5-20(29-30)14-9-18(25)15(10-17(14)24)22(31)28-21-11-27-6-4-13(21)12-2-3-16(23)19(26)8-12/h2-3,5,7-10,13,21,27H,4,6,11H2,1H3,(H,28,31)/t13-,21+/m0/s1. The quantitative estimate of drug-likeness (QED) is 0.621. The van der Waals surface area contributed by atoms with Gasteiger partial charge in [-0.25, -0.2) is 17.6 Å². The minimum Gasteiger partial charge on any atom is -0.347 e. The van der Waals surface area contributed by atoms with Gasteiger partial charge in [0.1, 0.15) is 11.6 Å². The first-order valence-electron chi connectivity index (χ1n) is 9.79. The molecule has 1 aliphatic heterocycles. The summed E-state index contributed by atoms with van der Waals surface area (Å²) in [6.07, 6.45) is 2.16. The van der Waals surface area contributed by atoms with E-state index in [0.29, 0.717) is 25.1 Å². The van der Waals surface area contributed by atoms with Crippen LogP contribution in [0.25, 0.3) is 11.3 Å². The van der Waals surface area contributed by atoms with Crippen LogP contribution in [0, 0.1) is 23.3 Å². The average Bonchev–Trinajstić information content (AvgIpc) is 3.18. The highest BCUT2D eigenvalue weighted by Crippen LogP contribution is 2.28. The topological polar surface area (TPSA) is 59.0 Å². The molecule has 0 aliphatic carbocycles. The zero-order chi connectivity index (χ0) is 22.1. The number of hydrogen-bond donors (Lipinski definition) is 2. The Balaban J connectivity index is 1.57. The van der Waals surface area contributed by atoms with E-state index in [-0.39, 0.29) is 17.2 Å². The average molecular weight is 432 g/mol. The molecule has 2 aromatic carbocycles. The van der Waals surface area contributed by atoms with Crippen molar-refractivity contribution in [3.8, 4) is 11.3 Å². The molecule has 162 valence electrons. The Hall–Kier alpha value is -3.20. The summed E-state index contributed by atoms with van der Waals surface area (Å²) in [7, 11) is 1.65. The van der Waals surface area contributed by atoms with Crippen LogP contribution in [0.15, 0.2) is 42.6 Å². The molecule has 3 aromatic rings. The molecule has 0 bridgehead atoms. The van der Waals surface area contributed by atoms with Crippen molar-refractivity contribution in [2.75, 3.05) is 13.1 Å². The molecular weight excluding hydrogens is 412 g/mol. The number of amides is 1. The highest BCUT2D eigenvalue weighted by atomic mass is 19.2. The van der Waals surface area contributed by atoms with Crippen molar-refractivity contribution < 1.29 is 22.4 Å². The first kappa shape index (κ1) is 21.0. The normalized spacial score (nSPS) is 18.7. The molecule has 0 spiro atoms. The Labute approximate surface area is 176 Å². The lowest BCUT2D eigenvalue weighted by atomic mass is 9.85. The highest BCUT2D eigenvalue weighted by Gasteiger charge is 2.30. The summed E-state index contributed by atoms with van der Waals surface area (Å²) in [4.78, 5) is 12.7. The van der Waals surface area contributed by atoms with E-state index in [2.05, 4.69) is 15.7 Å². The van der Waals surface area contributed by atoms with E-state index in [1.165, 1.54) is 16.8 Å². The zero-order valence-corrected chi connectivity index (χ0v) is 16.6. The molecule has 2 N–H and O–H groups in total. The largest absolute Gasteiger partial charge is 0.347 e. The second-order valence-corrected chi connectivity index (χ2v) is 7.54. The van der Waals surface area contributed by atoms with Gasteiger partial charge in [-0.1, -0.05) is 6.07 Å². The van der Waals surface area contributed by atoms with Gasteiger partial charge in [-0.15, -0.1) is 0 Å². The van der Waals surface area contributed by atoms with Gasteiger partial charge in [0.05, 0.1) is 11.3 Å². The van der Waals surface area contributed by atoms with Crippen molar-refractivity contribution in [1.82, 2.24) is 20.4 Å². The van der Waals surface area contributed by atoms with Gasteiger partial charge >= 0.3 is 0 Å². The minimum absolute atomic E-state index is 0.0475. The molecule has 0 saturated carbocycles. The third-order valence-electron chi connectivity index (χ3n) is 5.46. The van der Waals surface area contributed by atoms with Crippen LogP contribution in [0.4, 0.5) is 17.6 Å². The van der Waals surface area contributed by atoms with E-state index in [9.17, 15) is 22.4 Å². The van der Waals surface area contributed by atoms with E-state index in [1.54, 1.807) is 13.2 Å². The van der Waals surface area contributed by atoms with Gasteiger partial charge in [0, 0.05) is 37.3 Å². The van der Waals surface area contributed by atoms with E-state index in [1.807, 2.05) is 0 Å².